The van der Waals surface area contributed by atoms with Crippen molar-refractivity contribution in [3.05, 3.63) is 28.3 Å². The van der Waals surface area contributed by atoms with Gasteiger partial charge in [0.25, 0.3) is 5.91 Å². The van der Waals surface area contributed by atoms with Gasteiger partial charge < -0.3 is 16.0 Å². The van der Waals surface area contributed by atoms with E-state index in [2.05, 4.69) is 15.3 Å². The molecular weight excluding hydrogens is 308 g/mol. The highest BCUT2D eigenvalue weighted by atomic mass is 32.1. The third kappa shape index (κ3) is 3.82. The van der Waals surface area contributed by atoms with Crippen LogP contribution < -0.4 is 11.1 Å². The third-order valence-electron chi connectivity index (χ3n) is 4.63. The number of hydrogen-bond acceptors (Lipinski definition) is 4. The molecule has 1 aliphatic rings. The Hall–Kier alpha value is -1.66. The predicted octanol–water partition coefficient (Wildman–Crippen LogP) is 3.08. The van der Waals surface area contributed by atoms with Gasteiger partial charge in [-0.1, -0.05) is 19.3 Å². The number of nitrogens with one attached hydrogen (secondary N) is 2. The van der Waals surface area contributed by atoms with Crippen LogP contribution >= 0.6 is 11.3 Å². The number of H-pyrrole nitrogens is 1. The SMILES string of the molecule is Cc1nc(-c2c[nH]c(C(=O)NC(CN)C3CCCCC3)c2)cs1. The Kier molecular flexibility index (Phi) is 5.13. The van der Waals surface area contributed by atoms with E-state index in [1.165, 1.54) is 19.3 Å². The van der Waals surface area contributed by atoms with Gasteiger partial charge in [-0.3, -0.25) is 4.79 Å². The van der Waals surface area contributed by atoms with Gasteiger partial charge in [-0.2, -0.15) is 0 Å². The van der Waals surface area contributed by atoms with Gasteiger partial charge in [0.1, 0.15) is 5.69 Å². The molecule has 1 amide bonds. The number of nitrogens with zero attached hydrogens (tertiary/aromatic N) is 1. The van der Waals surface area contributed by atoms with Crippen molar-refractivity contribution < 1.29 is 4.79 Å². The minimum absolute atomic E-state index is 0.0658. The summed E-state index contributed by atoms with van der Waals surface area (Å²) in [5.41, 5.74) is 8.32. The van der Waals surface area contributed by atoms with Gasteiger partial charge in [-0.25, -0.2) is 4.98 Å². The topological polar surface area (TPSA) is 83.8 Å². The van der Waals surface area contributed by atoms with Crippen LogP contribution in [0.3, 0.4) is 0 Å². The highest BCUT2D eigenvalue weighted by Crippen LogP contribution is 2.26. The Morgan fingerprint density at radius 3 is 2.91 bits per heavy atom. The first-order chi connectivity index (χ1) is 11.2. The molecule has 1 unspecified atom stereocenters. The molecular formula is C17H24N4OS. The standard InChI is InChI=1S/C17H24N4OS/c1-11-20-16(10-23-11)13-7-14(19-9-13)17(22)21-15(8-18)12-5-3-2-4-6-12/h7,9-10,12,15,19H,2-6,8,18H2,1H3,(H,21,22). The minimum atomic E-state index is -0.0794. The highest BCUT2D eigenvalue weighted by Gasteiger charge is 2.24. The van der Waals surface area contributed by atoms with E-state index >= 15 is 0 Å². The summed E-state index contributed by atoms with van der Waals surface area (Å²) in [5, 5.41) is 6.14. The van der Waals surface area contributed by atoms with E-state index < -0.39 is 0 Å². The Morgan fingerprint density at radius 1 is 1.48 bits per heavy atom. The summed E-state index contributed by atoms with van der Waals surface area (Å²) >= 11 is 1.61. The van der Waals surface area contributed by atoms with Gasteiger partial charge in [0.2, 0.25) is 0 Å². The second kappa shape index (κ2) is 7.27. The Morgan fingerprint density at radius 2 is 2.26 bits per heavy atom. The van der Waals surface area contributed by atoms with E-state index in [9.17, 15) is 4.79 Å². The van der Waals surface area contributed by atoms with Gasteiger partial charge in [0.15, 0.2) is 0 Å². The minimum Gasteiger partial charge on any atom is -0.357 e. The number of rotatable bonds is 5. The smallest absolute Gasteiger partial charge is 0.267 e. The van der Waals surface area contributed by atoms with E-state index in [1.807, 2.05) is 24.6 Å². The summed E-state index contributed by atoms with van der Waals surface area (Å²) in [6.07, 6.45) is 7.95. The molecule has 3 rings (SSSR count). The molecule has 2 aromatic rings. The van der Waals surface area contributed by atoms with Crippen LogP contribution in [0.1, 0.15) is 47.6 Å². The fourth-order valence-electron chi connectivity index (χ4n) is 3.32. The van der Waals surface area contributed by atoms with Crippen molar-refractivity contribution in [2.45, 2.75) is 45.1 Å². The van der Waals surface area contributed by atoms with E-state index in [-0.39, 0.29) is 11.9 Å². The van der Waals surface area contributed by atoms with Crippen molar-refractivity contribution in [3.8, 4) is 11.3 Å². The normalized spacial score (nSPS) is 17.1. The number of hydrogen-bond donors (Lipinski definition) is 3. The largest absolute Gasteiger partial charge is 0.357 e. The number of aromatic nitrogens is 2. The number of aromatic amines is 1. The van der Waals surface area contributed by atoms with Crippen molar-refractivity contribution in [2.24, 2.45) is 11.7 Å². The van der Waals surface area contributed by atoms with Crippen LogP contribution in [0.25, 0.3) is 11.3 Å². The van der Waals surface area contributed by atoms with Crippen LogP contribution in [-0.4, -0.2) is 28.5 Å². The van der Waals surface area contributed by atoms with Crippen LogP contribution in [0.5, 0.6) is 0 Å². The molecule has 4 N–H and O–H groups in total. The first kappa shape index (κ1) is 16.2. The summed E-state index contributed by atoms with van der Waals surface area (Å²) in [6, 6.07) is 1.93. The van der Waals surface area contributed by atoms with Crippen molar-refractivity contribution in [1.29, 1.82) is 0 Å². The first-order valence-electron chi connectivity index (χ1n) is 8.29. The van der Waals surface area contributed by atoms with Crippen LogP contribution in [0, 0.1) is 12.8 Å². The lowest BCUT2D eigenvalue weighted by Gasteiger charge is -2.29. The first-order valence-corrected chi connectivity index (χ1v) is 9.17. The van der Waals surface area contributed by atoms with Crippen LogP contribution in [-0.2, 0) is 0 Å². The quantitative estimate of drug-likeness (QED) is 0.786. The summed E-state index contributed by atoms with van der Waals surface area (Å²) in [5.74, 6) is 0.428. The van der Waals surface area contributed by atoms with E-state index in [1.54, 1.807) is 11.3 Å². The van der Waals surface area contributed by atoms with Crippen molar-refractivity contribution in [3.63, 3.8) is 0 Å². The number of carbonyl (C=O) groups is 1. The molecule has 2 aromatic heterocycles. The summed E-state index contributed by atoms with van der Waals surface area (Å²) in [6.45, 7) is 2.47. The second-order valence-corrected chi connectivity index (χ2v) is 7.33. The fourth-order valence-corrected chi connectivity index (χ4v) is 3.94. The number of nitrogens with two attached hydrogens (primary N) is 1. The number of amides is 1. The van der Waals surface area contributed by atoms with Crippen molar-refractivity contribution >= 4 is 17.2 Å². The Bertz CT molecular complexity index is 657. The molecule has 1 aliphatic carbocycles. The number of aryl methyl sites for hydroxylation is 1. The molecule has 5 nitrogen and oxygen atoms in total. The van der Waals surface area contributed by atoms with Gasteiger partial charge >= 0.3 is 0 Å². The molecule has 0 spiro atoms. The molecule has 1 fully saturated rings. The maximum absolute atomic E-state index is 12.5. The van der Waals surface area contributed by atoms with Crippen LogP contribution in [0.2, 0.25) is 0 Å². The summed E-state index contributed by atoms with van der Waals surface area (Å²) in [7, 11) is 0. The number of thiazole rings is 1. The van der Waals surface area contributed by atoms with Gasteiger partial charge in [0, 0.05) is 29.7 Å². The third-order valence-corrected chi connectivity index (χ3v) is 5.41. The molecule has 1 atom stereocenters. The molecule has 0 aliphatic heterocycles. The van der Waals surface area contributed by atoms with Crippen molar-refractivity contribution in [2.75, 3.05) is 6.54 Å². The Labute approximate surface area is 140 Å². The molecule has 124 valence electrons. The molecule has 0 saturated heterocycles. The molecule has 0 aromatic carbocycles. The summed E-state index contributed by atoms with van der Waals surface area (Å²) < 4.78 is 0. The predicted molar refractivity (Wildman–Crippen MR) is 93.5 cm³/mol. The van der Waals surface area contributed by atoms with Crippen molar-refractivity contribution in [1.82, 2.24) is 15.3 Å². The zero-order chi connectivity index (χ0) is 16.2. The lowest BCUT2D eigenvalue weighted by Crippen LogP contribution is -2.46. The maximum Gasteiger partial charge on any atom is 0.267 e. The van der Waals surface area contributed by atoms with Crippen LogP contribution in [0.4, 0.5) is 0 Å². The van der Waals surface area contributed by atoms with Gasteiger partial charge in [0.05, 0.1) is 10.7 Å². The van der Waals surface area contributed by atoms with Gasteiger partial charge in [-0.05, 0) is 31.7 Å². The lowest BCUT2D eigenvalue weighted by molar-refractivity contribution is 0.0911. The fraction of sp³-hybridized carbons (Fsp3) is 0.529. The van der Waals surface area contributed by atoms with E-state index in [4.69, 9.17) is 5.73 Å². The zero-order valence-electron chi connectivity index (χ0n) is 13.5. The van der Waals surface area contributed by atoms with Gasteiger partial charge in [-0.15, -0.1) is 11.3 Å². The molecule has 0 bridgehead atoms. The average molecular weight is 332 g/mol. The number of carbonyl (C=O) groups excluding carboxylic acids is 1. The maximum atomic E-state index is 12.5. The van der Waals surface area contributed by atoms with E-state index in [0.717, 1.165) is 29.1 Å². The molecule has 2 heterocycles. The monoisotopic (exact) mass is 332 g/mol. The molecule has 23 heavy (non-hydrogen) atoms. The zero-order valence-corrected chi connectivity index (χ0v) is 14.3. The lowest BCUT2D eigenvalue weighted by atomic mass is 9.84. The average Bonchev–Trinajstić information content (AvgIpc) is 3.22. The van der Waals surface area contributed by atoms with E-state index in [0.29, 0.717) is 18.2 Å². The molecule has 1 saturated carbocycles. The summed E-state index contributed by atoms with van der Waals surface area (Å²) in [4.78, 5) is 20.0. The molecule has 6 heteroatoms. The second-order valence-electron chi connectivity index (χ2n) is 6.27. The highest BCUT2D eigenvalue weighted by molar-refractivity contribution is 7.09. The Balaban J connectivity index is 1.66. The van der Waals surface area contributed by atoms with Crippen LogP contribution in [0.15, 0.2) is 17.6 Å². The molecule has 0 radical (unpaired) electrons.